The van der Waals surface area contributed by atoms with E-state index in [0.29, 0.717) is 36.2 Å². The van der Waals surface area contributed by atoms with Gasteiger partial charge >= 0.3 is 12.1 Å². The molecule has 1 unspecified atom stereocenters. The van der Waals surface area contributed by atoms with Crippen LogP contribution >= 0.6 is 11.5 Å². The zero-order chi connectivity index (χ0) is 28.3. The molecule has 1 aromatic heterocycles. The van der Waals surface area contributed by atoms with E-state index in [9.17, 15) is 22.8 Å². The summed E-state index contributed by atoms with van der Waals surface area (Å²) in [5, 5.41) is 3.13. The summed E-state index contributed by atoms with van der Waals surface area (Å²) in [5.41, 5.74) is 2.29. The van der Waals surface area contributed by atoms with Crippen LogP contribution in [0.25, 0.3) is 0 Å². The van der Waals surface area contributed by atoms with Gasteiger partial charge in [-0.05, 0) is 55.2 Å². The Morgan fingerprint density at radius 2 is 1.87 bits per heavy atom. The van der Waals surface area contributed by atoms with Gasteiger partial charge in [-0.25, -0.2) is 0 Å². The smallest absolute Gasteiger partial charge is 0.452 e. The molecule has 2 heterocycles. The summed E-state index contributed by atoms with van der Waals surface area (Å²) in [6, 6.07) is 5.95. The third-order valence-electron chi connectivity index (χ3n) is 7.23. The molecule has 12 heteroatoms. The number of hydrogen-bond acceptors (Lipinski definition) is 8. The highest BCUT2D eigenvalue weighted by Gasteiger charge is 2.37. The number of piperidine rings is 1. The number of halogens is 3. The van der Waals surface area contributed by atoms with Crippen molar-refractivity contribution in [1.82, 2.24) is 14.3 Å². The summed E-state index contributed by atoms with van der Waals surface area (Å²) >= 11 is 0.653. The van der Waals surface area contributed by atoms with Gasteiger partial charge in [-0.1, -0.05) is 26.8 Å². The van der Waals surface area contributed by atoms with Gasteiger partial charge in [0.25, 0.3) is 0 Å². The van der Waals surface area contributed by atoms with Gasteiger partial charge in [0, 0.05) is 43.1 Å². The van der Waals surface area contributed by atoms with Gasteiger partial charge in [0.15, 0.2) is 0 Å². The van der Waals surface area contributed by atoms with Crippen molar-refractivity contribution >= 4 is 39.9 Å². The average Bonchev–Trinajstić information content (AvgIpc) is 3.63. The van der Waals surface area contributed by atoms with Crippen molar-refractivity contribution in [2.75, 3.05) is 37.0 Å². The molecule has 1 amide bonds. The number of nitrogens with one attached hydrogen (secondary N) is 1. The minimum Gasteiger partial charge on any atom is -0.469 e. The fraction of sp³-hybridized carbons (Fsp3) is 0.630. The van der Waals surface area contributed by atoms with Gasteiger partial charge in [-0.15, -0.1) is 0 Å². The van der Waals surface area contributed by atoms with Crippen molar-refractivity contribution in [2.24, 2.45) is 11.8 Å². The molecule has 1 aliphatic heterocycles. The van der Waals surface area contributed by atoms with E-state index in [2.05, 4.69) is 33.4 Å². The van der Waals surface area contributed by atoms with Crippen LogP contribution in [0.15, 0.2) is 18.2 Å². The third kappa shape index (κ3) is 7.40. The predicted molar refractivity (Wildman–Crippen MR) is 144 cm³/mol. The molecule has 1 aromatic carbocycles. The van der Waals surface area contributed by atoms with Gasteiger partial charge in [0.05, 0.1) is 24.9 Å². The number of likely N-dealkylation sites (tertiary alicyclic amines) is 1. The number of benzene rings is 1. The zero-order valence-electron chi connectivity index (χ0n) is 22.8. The van der Waals surface area contributed by atoms with Crippen molar-refractivity contribution in [3.05, 3.63) is 29.6 Å². The molecule has 2 aromatic rings. The van der Waals surface area contributed by atoms with Gasteiger partial charge in [0.2, 0.25) is 16.9 Å². The summed E-state index contributed by atoms with van der Waals surface area (Å²) in [4.78, 5) is 32.4. The summed E-state index contributed by atoms with van der Waals surface area (Å²) in [6.07, 6.45) is -0.878. The summed E-state index contributed by atoms with van der Waals surface area (Å²) < 4.78 is 47.8. The molecule has 2 aliphatic rings. The molecule has 0 radical (unpaired) electrons. The maximum Gasteiger partial charge on any atom is 0.452 e. The molecule has 1 saturated carbocycles. The van der Waals surface area contributed by atoms with E-state index >= 15 is 0 Å². The first-order valence-electron chi connectivity index (χ1n) is 13.4. The minimum absolute atomic E-state index is 0.0377. The van der Waals surface area contributed by atoms with Crippen LogP contribution < -0.4 is 10.2 Å². The number of nitrogens with zero attached hydrogens (tertiary/aromatic N) is 4. The zero-order valence-corrected chi connectivity index (χ0v) is 23.6. The normalized spacial score (nSPS) is 17.3. The lowest BCUT2D eigenvalue weighted by atomic mass is 9.95. The number of rotatable bonds is 10. The van der Waals surface area contributed by atoms with Crippen LogP contribution in [0.3, 0.4) is 0 Å². The lowest BCUT2D eigenvalue weighted by Crippen LogP contribution is -2.48. The second-order valence-electron chi connectivity index (χ2n) is 10.9. The predicted octanol–water partition coefficient (Wildman–Crippen LogP) is 5.83. The Labute approximate surface area is 231 Å². The number of aromatic nitrogens is 2. The van der Waals surface area contributed by atoms with E-state index in [-0.39, 0.29) is 41.3 Å². The first-order valence-corrected chi connectivity index (χ1v) is 14.2. The number of anilines is 3. The van der Waals surface area contributed by atoms with Crippen molar-refractivity contribution in [3.63, 3.8) is 0 Å². The summed E-state index contributed by atoms with van der Waals surface area (Å²) in [6.45, 7) is 8.27. The van der Waals surface area contributed by atoms with Crippen LogP contribution in [0.1, 0.15) is 70.2 Å². The molecule has 214 valence electrons. The van der Waals surface area contributed by atoms with E-state index in [1.54, 1.807) is 0 Å². The number of esters is 1. The fourth-order valence-corrected chi connectivity index (χ4v) is 5.59. The second-order valence-corrected chi connectivity index (χ2v) is 11.6. The van der Waals surface area contributed by atoms with E-state index in [1.807, 2.05) is 30.0 Å². The molecule has 1 atom stereocenters. The van der Waals surface area contributed by atoms with Crippen molar-refractivity contribution in [1.29, 1.82) is 0 Å². The van der Waals surface area contributed by atoms with Crippen LogP contribution in [-0.2, 0) is 20.5 Å². The molecular formula is C27H36F3N5O3S. The summed E-state index contributed by atoms with van der Waals surface area (Å²) in [5.74, 6) is -0.917. The molecule has 1 saturated heterocycles. The maximum absolute atomic E-state index is 13.2. The standard InChI is InChI=1S/C27H36F3N5O3S/c1-16(2)15-35(20-9-11-34(12-10-20)24(37)18-5-6-18)22-8-7-19(17(3)13-23(36)38-4)14-21(22)31-26-32-25(33-39-26)27(28,29)30/h7-8,14,16-18,20H,5-6,9-13,15H2,1-4H3,(H,31,32,33). The first-order chi connectivity index (χ1) is 18.5. The quantitative estimate of drug-likeness (QED) is 0.362. The molecule has 1 aliphatic carbocycles. The van der Waals surface area contributed by atoms with Crippen LogP contribution in [0.4, 0.5) is 29.7 Å². The average molecular weight is 568 g/mol. The number of amides is 1. The maximum atomic E-state index is 13.2. The number of methoxy groups -OCH3 is 1. The SMILES string of the molecule is COC(=O)CC(C)c1ccc(N(CC(C)C)C2CCN(C(=O)C3CC3)CC2)c(Nc2nc(C(F)(F)F)ns2)c1. The Morgan fingerprint density at radius 1 is 1.18 bits per heavy atom. The Morgan fingerprint density at radius 3 is 2.44 bits per heavy atom. The first kappa shape index (κ1) is 29.1. The molecular weight excluding hydrogens is 531 g/mol. The highest BCUT2D eigenvalue weighted by molar-refractivity contribution is 7.09. The van der Waals surface area contributed by atoms with Gasteiger partial charge in [0.1, 0.15) is 0 Å². The van der Waals surface area contributed by atoms with Crippen molar-refractivity contribution in [2.45, 2.75) is 71.0 Å². The van der Waals surface area contributed by atoms with Gasteiger partial charge in [-0.2, -0.15) is 22.5 Å². The minimum atomic E-state index is -4.63. The van der Waals surface area contributed by atoms with Crippen LogP contribution in [0.5, 0.6) is 0 Å². The number of carbonyl (C=O) groups excluding carboxylic acids is 2. The number of ether oxygens (including phenoxy) is 1. The molecule has 4 rings (SSSR count). The molecule has 0 bridgehead atoms. The van der Waals surface area contributed by atoms with Crippen molar-refractivity contribution < 1.29 is 27.5 Å². The lowest BCUT2D eigenvalue weighted by Gasteiger charge is -2.41. The summed E-state index contributed by atoms with van der Waals surface area (Å²) in [7, 11) is 1.34. The number of alkyl halides is 3. The molecule has 1 N–H and O–H groups in total. The second kappa shape index (κ2) is 12.1. The highest BCUT2D eigenvalue weighted by Crippen LogP contribution is 2.38. The van der Waals surface area contributed by atoms with Crippen LogP contribution in [0.2, 0.25) is 0 Å². The monoisotopic (exact) mass is 567 g/mol. The number of carbonyl (C=O) groups is 2. The van der Waals surface area contributed by atoms with E-state index in [1.165, 1.54) is 7.11 Å². The Hall–Kier alpha value is -2.89. The fourth-order valence-electron chi connectivity index (χ4n) is 4.99. The van der Waals surface area contributed by atoms with Gasteiger partial charge < -0.3 is 19.9 Å². The molecule has 8 nitrogen and oxygen atoms in total. The molecule has 0 spiro atoms. The topological polar surface area (TPSA) is 87.7 Å². The van der Waals surface area contributed by atoms with Crippen LogP contribution in [0, 0.1) is 11.8 Å². The third-order valence-corrected chi connectivity index (χ3v) is 7.86. The molecule has 39 heavy (non-hydrogen) atoms. The largest absolute Gasteiger partial charge is 0.469 e. The Balaban J connectivity index is 1.64. The van der Waals surface area contributed by atoms with Crippen LogP contribution in [-0.4, -0.2) is 58.9 Å². The molecule has 2 fully saturated rings. The van der Waals surface area contributed by atoms with Crippen molar-refractivity contribution in [3.8, 4) is 0 Å². The lowest BCUT2D eigenvalue weighted by molar-refractivity contribution is -0.144. The van der Waals surface area contributed by atoms with E-state index < -0.39 is 12.0 Å². The number of hydrogen-bond donors (Lipinski definition) is 1. The van der Waals surface area contributed by atoms with E-state index in [4.69, 9.17) is 4.74 Å². The van der Waals surface area contributed by atoms with Gasteiger partial charge in [-0.3, -0.25) is 9.59 Å². The Kier molecular flexibility index (Phi) is 9.03. The highest BCUT2D eigenvalue weighted by atomic mass is 32.1. The Bertz CT molecular complexity index is 1160. The van der Waals surface area contributed by atoms with E-state index in [0.717, 1.165) is 43.5 Å².